The number of hydrogen-bond acceptors (Lipinski definition) is 1. The van der Waals surface area contributed by atoms with E-state index >= 15 is 0 Å². The van der Waals surface area contributed by atoms with Gasteiger partial charge in [-0.3, -0.25) is 0 Å². The van der Waals surface area contributed by atoms with Gasteiger partial charge in [-0.2, -0.15) is 13.2 Å². The molecule has 5 heteroatoms. The van der Waals surface area contributed by atoms with E-state index in [9.17, 15) is 17.6 Å². The van der Waals surface area contributed by atoms with Crippen LogP contribution >= 0.6 is 0 Å². The molecule has 1 atom stereocenters. The molecule has 1 aromatic carbocycles. The molecular weight excluding hydrogens is 246 g/mol. The first kappa shape index (κ1) is 15.0. The number of nitrogens with two attached hydrogens (primary N) is 1. The van der Waals surface area contributed by atoms with Crippen LogP contribution in [0.1, 0.15) is 31.4 Å². The molecule has 0 aliphatic heterocycles. The van der Waals surface area contributed by atoms with Crippen LogP contribution in [0.15, 0.2) is 18.2 Å². The Morgan fingerprint density at radius 2 is 1.83 bits per heavy atom. The van der Waals surface area contributed by atoms with E-state index in [2.05, 4.69) is 0 Å². The molecule has 18 heavy (non-hydrogen) atoms. The van der Waals surface area contributed by atoms with E-state index in [4.69, 9.17) is 5.73 Å². The molecule has 0 spiro atoms. The first-order chi connectivity index (χ1) is 8.21. The lowest BCUT2D eigenvalue weighted by atomic mass is 9.97. The van der Waals surface area contributed by atoms with Crippen molar-refractivity contribution in [1.82, 2.24) is 0 Å². The van der Waals surface area contributed by atoms with E-state index in [-0.39, 0.29) is 6.04 Å². The van der Waals surface area contributed by atoms with E-state index in [0.717, 1.165) is 12.1 Å². The Kier molecular flexibility index (Phi) is 4.73. The van der Waals surface area contributed by atoms with Gasteiger partial charge in [0.25, 0.3) is 0 Å². The predicted octanol–water partition coefficient (Wildman–Crippen LogP) is 3.76. The second-order valence-corrected chi connectivity index (χ2v) is 4.76. The van der Waals surface area contributed by atoms with Crippen molar-refractivity contribution in [1.29, 1.82) is 0 Å². The van der Waals surface area contributed by atoms with Crippen LogP contribution in [0.4, 0.5) is 17.6 Å². The van der Waals surface area contributed by atoms with Crippen molar-refractivity contribution in [2.75, 3.05) is 0 Å². The van der Waals surface area contributed by atoms with Gasteiger partial charge in [0.15, 0.2) is 0 Å². The number of aryl methyl sites for hydroxylation is 1. The topological polar surface area (TPSA) is 26.0 Å². The Morgan fingerprint density at radius 1 is 1.22 bits per heavy atom. The average molecular weight is 263 g/mol. The molecule has 0 saturated heterocycles. The summed E-state index contributed by atoms with van der Waals surface area (Å²) in [6, 6.07) is 3.00. The van der Waals surface area contributed by atoms with E-state index in [0.29, 0.717) is 24.3 Å². The molecule has 0 saturated carbocycles. The van der Waals surface area contributed by atoms with Crippen LogP contribution in [-0.4, -0.2) is 6.04 Å². The molecule has 1 aromatic rings. The van der Waals surface area contributed by atoms with Gasteiger partial charge < -0.3 is 5.73 Å². The molecule has 0 amide bonds. The Labute approximate surface area is 104 Å². The molecule has 0 radical (unpaired) electrons. The van der Waals surface area contributed by atoms with E-state index in [1.54, 1.807) is 0 Å². The minimum absolute atomic E-state index is 0.0321. The van der Waals surface area contributed by atoms with Crippen LogP contribution in [0.2, 0.25) is 0 Å². The number of alkyl halides is 3. The summed E-state index contributed by atoms with van der Waals surface area (Å²) in [4.78, 5) is 0. The number of benzene rings is 1. The standard InChI is InChI=1S/C13H17F4N/c1-8(2)12(18)6-4-9-3-5-10(11(14)7-9)13(15,16)17/h3,5,7-8,12H,4,6,18H2,1-2H3. The fraction of sp³-hybridized carbons (Fsp3) is 0.538. The number of halogens is 4. The van der Waals surface area contributed by atoms with Crippen molar-refractivity contribution in [3.05, 3.63) is 35.1 Å². The van der Waals surface area contributed by atoms with Crippen molar-refractivity contribution in [3.63, 3.8) is 0 Å². The molecule has 1 unspecified atom stereocenters. The van der Waals surface area contributed by atoms with Crippen molar-refractivity contribution in [3.8, 4) is 0 Å². The molecular formula is C13H17F4N. The molecule has 0 aliphatic carbocycles. The van der Waals surface area contributed by atoms with Gasteiger partial charge in [-0.15, -0.1) is 0 Å². The Morgan fingerprint density at radius 3 is 2.28 bits per heavy atom. The zero-order valence-corrected chi connectivity index (χ0v) is 10.4. The summed E-state index contributed by atoms with van der Waals surface area (Å²) in [5.74, 6) is -0.928. The molecule has 0 bridgehead atoms. The zero-order chi connectivity index (χ0) is 13.9. The van der Waals surface area contributed by atoms with E-state index in [1.165, 1.54) is 6.07 Å². The van der Waals surface area contributed by atoms with Crippen LogP contribution in [0.25, 0.3) is 0 Å². The minimum Gasteiger partial charge on any atom is -0.327 e. The SMILES string of the molecule is CC(C)C(N)CCc1ccc(C(F)(F)F)c(F)c1. The maximum absolute atomic E-state index is 13.3. The van der Waals surface area contributed by atoms with Crippen LogP contribution in [0, 0.1) is 11.7 Å². The Hall–Kier alpha value is -1.10. The van der Waals surface area contributed by atoms with Crippen LogP contribution in [0.3, 0.4) is 0 Å². The summed E-state index contributed by atoms with van der Waals surface area (Å²) in [5, 5.41) is 0. The van der Waals surface area contributed by atoms with Gasteiger partial charge in [0.1, 0.15) is 5.82 Å². The third-order valence-electron chi connectivity index (χ3n) is 2.96. The lowest BCUT2D eigenvalue weighted by Gasteiger charge is -2.15. The van der Waals surface area contributed by atoms with Gasteiger partial charge in [-0.25, -0.2) is 4.39 Å². The van der Waals surface area contributed by atoms with Gasteiger partial charge in [-0.1, -0.05) is 19.9 Å². The monoisotopic (exact) mass is 263 g/mol. The summed E-state index contributed by atoms with van der Waals surface area (Å²) in [6.45, 7) is 3.94. The van der Waals surface area contributed by atoms with E-state index in [1.807, 2.05) is 13.8 Å². The van der Waals surface area contributed by atoms with Gasteiger partial charge in [0.05, 0.1) is 5.56 Å². The number of hydrogen-bond donors (Lipinski definition) is 1. The van der Waals surface area contributed by atoms with Crippen LogP contribution in [-0.2, 0) is 12.6 Å². The fourth-order valence-corrected chi connectivity index (χ4v) is 1.61. The normalized spacial score (nSPS) is 14.0. The average Bonchev–Trinajstić information content (AvgIpc) is 2.23. The van der Waals surface area contributed by atoms with Gasteiger partial charge >= 0.3 is 6.18 Å². The molecule has 2 N–H and O–H groups in total. The second-order valence-electron chi connectivity index (χ2n) is 4.76. The number of rotatable bonds is 4. The Balaban J connectivity index is 2.74. The highest BCUT2D eigenvalue weighted by Crippen LogP contribution is 2.31. The fourth-order valence-electron chi connectivity index (χ4n) is 1.61. The first-order valence-electron chi connectivity index (χ1n) is 5.83. The first-order valence-corrected chi connectivity index (χ1v) is 5.83. The molecule has 0 aromatic heterocycles. The molecule has 1 rings (SSSR count). The van der Waals surface area contributed by atoms with Gasteiger partial charge in [0, 0.05) is 6.04 Å². The third kappa shape index (κ3) is 3.98. The third-order valence-corrected chi connectivity index (χ3v) is 2.96. The summed E-state index contributed by atoms with van der Waals surface area (Å²) < 4.78 is 50.3. The second kappa shape index (κ2) is 5.69. The largest absolute Gasteiger partial charge is 0.419 e. The lowest BCUT2D eigenvalue weighted by molar-refractivity contribution is -0.140. The van der Waals surface area contributed by atoms with E-state index < -0.39 is 17.6 Å². The van der Waals surface area contributed by atoms with Crippen LogP contribution in [0.5, 0.6) is 0 Å². The van der Waals surface area contributed by atoms with Crippen molar-refractivity contribution < 1.29 is 17.6 Å². The van der Waals surface area contributed by atoms with Gasteiger partial charge in [0.2, 0.25) is 0 Å². The van der Waals surface area contributed by atoms with Crippen molar-refractivity contribution >= 4 is 0 Å². The zero-order valence-electron chi connectivity index (χ0n) is 10.4. The van der Waals surface area contributed by atoms with Crippen LogP contribution < -0.4 is 5.73 Å². The summed E-state index contributed by atoms with van der Waals surface area (Å²) in [7, 11) is 0. The molecule has 0 aliphatic rings. The molecule has 0 heterocycles. The minimum atomic E-state index is -4.64. The van der Waals surface area contributed by atoms with Gasteiger partial charge in [-0.05, 0) is 36.5 Å². The lowest BCUT2D eigenvalue weighted by Crippen LogP contribution is -2.26. The maximum atomic E-state index is 13.3. The molecule has 102 valence electrons. The highest BCUT2D eigenvalue weighted by Gasteiger charge is 2.33. The smallest absolute Gasteiger partial charge is 0.327 e. The highest BCUT2D eigenvalue weighted by molar-refractivity contribution is 5.26. The van der Waals surface area contributed by atoms with Crippen molar-refractivity contribution in [2.24, 2.45) is 11.7 Å². The quantitative estimate of drug-likeness (QED) is 0.822. The summed E-state index contributed by atoms with van der Waals surface area (Å²) in [5.41, 5.74) is 5.14. The predicted molar refractivity (Wildman–Crippen MR) is 62.5 cm³/mol. The van der Waals surface area contributed by atoms with Crippen molar-refractivity contribution in [2.45, 2.75) is 38.9 Å². The summed E-state index contributed by atoms with van der Waals surface area (Å²) >= 11 is 0. The molecule has 0 fully saturated rings. The highest BCUT2D eigenvalue weighted by atomic mass is 19.4. The maximum Gasteiger partial charge on any atom is 0.419 e. The molecule has 1 nitrogen and oxygen atoms in total. The summed E-state index contributed by atoms with van der Waals surface area (Å²) in [6.07, 6.45) is -3.53. The Bertz CT molecular complexity index is 398.